The molecule has 0 radical (unpaired) electrons. The second-order valence-electron chi connectivity index (χ2n) is 9.35. The quantitative estimate of drug-likeness (QED) is 0.414. The predicted octanol–water partition coefficient (Wildman–Crippen LogP) is 1.67. The molecule has 2 amide bonds. The zero-order valence-corrected chi connectivity index (χ0v) is 19.4. The minimum Gasteiger partial charge on any atom is -0.386 e. The van der Waals surface area contributed by atoms with Gasteiger partial charge < -0.3 is 14.9 Å². The number of hydrogen-bond donors (Lipinski definition) is 1. The van der Waals surface area contributed by atoms with Gasteiger partial charge in [0.05, 0.1) is 42.2 Å². The highest BCUT2D eigenvalue weighted by molar-refractivity contribution is 6.05. The fourth-order valence-electron chi connectivity index (χ4n) is 4.61. The van der Waals surface area contributed by atoms with Crippen molar-refractivity contribution in [2.75, 3.05) is 26.2 Å². The number of alkyl halides is 3. The van der Waals surface area contributed by atoms with E-state index in [9.17, 15) is 37.1 Å². The van der Waals surface area contributed by atoms with Crippen LogP contribution in [0, 0.1) is 0 Å². The number of aliphatic hydroxyl groups is 1. The number of nitrogens with zero attached hydrogens (tertiary/aromatic N) is 6. The Kier molecular flexibility index (Phi) is 5.47. The lowest BCUT2D eigenvalue weighted by Crippen LogP contribution is -2.61. The zero-order chi connectivity index (χ0) is 26.9. The van der Waals surface area contributed by atoms with Crippen LogP contribution in [0.15, 0.2) is 47.8 Å². The van der Waals surface area contributed by atoms with Crippen LogP contribution < -0.4 is 5.69 Å². The summed E-state index contributed by atoms with van der Waals surface area (Å²) in [4.78, 5) is 49.0. The van der Waals surface area contributed by atoms with Gasteiger partial charge in [-0.2, -0.15) is 13.2 Å². The Hall–Kier alpha value is -4.07. The Morgan fingerprint density at radius 3 is 2.35 bits per heavy atom. The molecular weight excluding hydrogens is 500 g/mol. The van der Waals surface area contributed by atoms with Gasteiger partial charge in [0.1, 0.15) is 11.2 Å². The molecule has 14 heteroatoms. The first kappa shape index (κ1) is 24.6. The second kappa shape index (κ2) is 8.23. The molecule has 5 heterocycles. The summed E-state index contributed by atoms with van der Waals surface area (Å²) in [5, 5.41) is 10.1. The van der Waals surface area contributed by atoms with E-state index in [4.69, 9.17) is 0 Å². The van der Waals surface area contributed by atoms with E-state index < -0.39 is 46.8 Å². The Labute approximate surface area is 206 Å². The number of β-amino-alcohol motifs (C(OH)–C–C–N with tert-alkyl or cyclic N) is 1. The number of aromatic nitrogens is 4. The summed E-state index contributed by atoms with van der Waals surface area (Å²) < 4.78 is 54.6. The van der Waals surface area contributed by atoms with Crippen molar-refractivity contribution in [3.05, 3.63) is 64.7 Å². The Morgan fingerprint density at radius 1 is 1.14 bits per heavy atom. The molecule has 2 saturated heterocycles. The molecule has 37 heavy (non-hydrogen) atoms. The lowest BCUT2D eigenvalue weighted by Gasteiger charge is -2.44. The zero-order valence-electron chi connectivity index (χ0n) is 19.4. The lowest BCUT2D eigenvalue weighted by molar-refractivity contribution is -0.141. The summed E-state index contributed by atoms with van der Waals surface area (Å²) in [6.45, 7) is 4.55. The number of carbonyl (C=O) groups excluding carboxylic acids is 2. The number of likely N-dealkylation sites (tertiary alicyclic amines) is 2. The van der Waals surface area contributed by atoms with Crippen molar-refractivity contribution in [1.29, 1.82) is 0 Å². The topological polar surface area (TPSA) is 114 Å². The van der Waals surface area contributed by atoms with Crippen molar-refractivity contribution in [3.63, 3.8) is 0 Å². The molecule has 194 valence electrons. The maximum absolute atomic E-state index is 13.6. The molecule has 2 fully saturated rings. The molecule has 3 aromatic rings. The Balaban J connectivity index is 1.64. The van der Waals surface area contributed by atoms with Crippen molar-refractivity contribution < 1.29 is 32.3 Å². The first-order valence-electron chi connectivity index (χ1n) is 11.1. The monoisotopic (exact) mass is 520 g/mol. The molecule has 0 aromatic carbocycles. The maximum atomic E-state index is 13.6. The van der Waals surface area contributed by atoms with E-state index in [2.05, 4.69) is 16.5 Å². The van der Waals surface area contributed by atoms with Crippen LogP contribution in [0.2, 0.25) is 0 Å². The minimum absolute atomic E-state index is 0.00984. The van der Waals surface area contributed by atoms with E-state index >= 15 is 0 Å². The number of amides is 2. The van der Waals surface area contributed by atoms with Gasteiger partial charge in [-0.25, -0.2) is 23.7 Å². The average Bonchev–Trinajstić information content (AvgIpc) is 3.07. The fourth-order valence-corrected chi connectivity index (χ4v) is 4.61. The van der Waals surface area contributed by atoms with Gasteiger partial charge in [0.15, 0.2) is 11.5 Å². The number of carbonyl (C=O) groups is 2. The molecule has 10 nitrogen and oxygen atoms in total. The molecule has 0 saturated carbocycles. The predicted molar refractivity (Wildman–Crippen MR) is 121 cm³/mol. The highest BCUT2D eigenvalue weighted by Gasteiger charge is 2.42. The van der Waals surface area contributed by atoms with Crippen molar-refractivity contribution in [2.45, 2.75) is 24.7 Å². The molecule has 1 N–H and O–H groups in total. The van der Waals surface area contributed by atoms with Gasteiger partial charge in [-0.05, 0) is 25.1 Å². The van der Waals surface area contributed by atoms with E-state index in [1.165, 1.54) is 21.7 Å². The summed E-state index contributed by atoms with van der Waals surface area (Å²) >= 11 is 0. The van der Waals surface area contributed by atoms with Gasteiger partial charge in [0.25, 0.3) is 11.8 Å². The maximum Gasteiger partial charge on any atom is 0.433 e. The van der Waals surface area contributed by atoms with Gasteiger partial charge in [-0.15, -0.1) is 0 Å². The molecule has 0 spiro atoms. The summed E-state index contributed by atoms with van der Waals surface area (Å²) in [5.74, 6) is -2.58. The van der Waals surface area contributed by atoms with E-state index in [-0.39, 0.29) is 48.6 Å². The number of halogens is 4. The average molecular weight is 520 g/mol. The van der Waals surface area contributed by atoms with Crippen molar-refractivity contribution >= 4 is 23.0 Å². The van der Waals surface area contributed by atoms with Gasteiger partial charge in [0.2, 0.25) is 0 Å². The lowest BCUT2D eigenvalue weighted by atomic mass is 9.96. The van der Waals surface area contributed by atoms with Crippen LogP contribution in [0.5, 0.6) is 0 Å². The second-order valence-corrected chi connectivity index (χ2v) is 9.35. The fraction of sp³-hybridized carbons (Fsp3) is 0.348. The van der Waals surface area contributed by atoms with Crippen LogP contribution in [0.4, 0.5) is 17.6 Å². The standard InChI is InChI=1S/C23H20F4N6O4/c1-12(24)19(34)30-8-14(9-30)32-17-15(20(35)31-10-22(2,37)11-31)5-6-28-18(17)33(21(32)36)13-3-4-16(29-7-13)23(25,26)27/h3-7,14,37H,1,8-11H2,2H3. The molecule has 0 atom stereocenters. The van der Waals surface area contributed by atoms with Gasteiger partial charge in [-0.1, -0.05) is 6.58 Å². The summed E-state index contributed by atoms with van der Waals surface area (Å²) in [6, 6.07) is 2.51. The van der Waals surface area contributed by atoms with Gasteiger partial charge >= 0.3 is 11.9 Å². The molecule has 2 aliphatic heterocycles. The van der Waals surface area contributed by atoms with Crippen molar-refractivity contribution in [3.8, 4) is 5.69 Å². The molecule has 3 aromatic heterocycles. The summed E-state index contributed by atoms with van der Waals surface area (Å²) in [7, 11) is 0. The molecule has 2 aliphatic rings. The summed E-state index contributed by atoms with van der Waals surface area (Å²) in [6.07, 6.45) is -2.52. The van der Waals surface area contributed by atoms with Crippen LogP contribution in [-0.4, -0.2) is 77.6 Å². The highest BCUT2D eigenvalue weighted by Crippen LogP contribution is 2.32. The van der Waals surface area contributed by atoms with E-state index in [0.717, 1.165) is 27.8 Å². The number of fused-ring (bicyclic) bond motifs is 1. The van der Waals surface area contributed by atoms with Crippen molar-refractivity contribution in [1.82, 2.24) is 28.9 Å². The van der Waals surface area contributed by atoms with Gasteiger partial charge in [0, 0.05) is 19.3 Å². The van der Waals surface area contributed by atoms with Crippen LogP contribution in [0.1, 0.15) is 29.0 Å². The Morgan fingerprint density at radius 2 is 1.81 bits per heavy atom. The highest BCUT2D eigenvalue weighted by atomic mass is 19.4. The first-order valence-corrected chi connectivity index (χ1v) is 11.1. The number of hydrogen-bond acceptors (Lipinski definition) is 6. The first-order chi connectivity index (χ1) is 17.3. The molecule has 0 bridgehead atoms. The number of rotatable bonds is 4. The third-order valence-corrected chi connectivity index (χ3v) is 6.38. The minimum atomic E-state index is -4.68. The van der Waals surface area contributed by atoms with Crippen LogP contribution in [0.3, 0.4) is 0 Å². The van der Waals surface area contributed by atoms with E-state index in [1.807, 2.05) is 0 Å². The summed E-state index contributed by atoms with van der Waals surface area (Å²) in [5.41, 5.74) is -2.78. The van der Waals surface area contributed by atoms with E-state index in [0.29, 0.717) is 0 Å². The normalized spacial score (nSPS) is 17.5. The largest absolute Gasteiger partial charge is 0.433 e. The molecular formula is C23H20F4N6O4. The van der Waals surface area contributed by atoms with Crippen LogP contribution >= 0.6 is 0 Å². The molecule has 0 unspecified atom stereocenters. The van der Waals surface area contributed by atoms with Gasteiger partial charge in [-0.3, -0.25) is 14.2 Å². The molecule has 0 aliphatic carbocycles. The smallest absolute Gasteiger partial charge is 0.386 e. The van der Waals surface area contributed by atoms with Crippen LogP contribution in [-0.2, 0) is 11.0 Å². The SMILES string of the molecule is C=C(F)C(=O)N1CC(n2c(=O)n(-c3ccc(C(F)(F)F)nc3)c3nccc(C(=O)N4CC(C)(O)C4)c32)C1. The number of pyridine rings is 2. The Bertz CT molecular complexity index is 1490. The van der Waals surface area contributed by atoms with E-state index in [1.54, 1.807) is 6.92 Å². The van der Waals surface area contributed by atoms with Crippen molar-refractivity contribution in [2.24, 2.45) is 0 Å². The third-order valence-electron chi connectivity index (χ3n) is 6.38. The van der Waals surface area contributed by atoms with Crippen LogP contribution in [0.25, 0.3) is 16.9 Å². The third kappa shape index (κ3) is 4.06. The molecule has 5 rings (SSSR count). The number of imidazole rings is 1.